The smallest absolute Gasteiger partial charge is 0.329 e. The van der Waals surface area contributed by atoms with E-state index in [0.717, 1.165) is 0 Å². The normalized spacial score (nSPS) is 36.6. The monoisotopic (exact) mass is 400 g/mol. The highest BCUT2D eigenvalue weighted by molar-refractivity contribution is 5.91. The van der Waals surface area contributed by atoms with E-state index < -0.39 is 53.4 Å². The minimum absolute atomic E-state index is 0.0928. The van der Waals surface area contributed by atoms with Crippen LogP contribution in [0.25, 0.3) is 0 Å². The first kappa shape index (κ1) is 19.7. The lowest BCUT2D eigenvalue weighted by atomic mass is 9.99. The van der Waals surface area contributed by atoms with Crippen LogP contribution in [0.15, 0.2) is 16.5 Å². The maximum absolute atomic E-state index is 12.3. The first-order chi connectivity index (χ1) is 13.0. The van der Waals surface area contributed by atoms with Crippen molar-refractivity contribution in [3.05, 3.63) is 23.1 Å². The summed E-state index contributed by atoms with van der Waals surface area (Å²) < 4.78 is 34.7. The van der Waals surface area contributed by atoms with Crippen molar-refractivity contribution in [1.82, 2.24) is 5.32 Å². The molecule has 3 N–H and O–H groups in total. The Morgan fingerprint density at radius 2 is 1.75 bits per heavy atom. The Morgan fingerprint density at radius 3 is 2.43 bits per heavy atom. The minimum Gasteiger partial charge on any atom is -0.592 e. The van der Waals surface area contributed by atoms with E-state index in [9.17, 15) is 10.0 Å². The van der Waals surface area contributed by atoms with Gasteiger partial charge in [-0.05, 0) is 33.8 Å². The summed E-state index contributed by atoms with van der Waals surface area (Å²) in [5, 5.41) is 21.2. The second-order valence-electron chi connectivity index (χ2n) is 7.89. The van der Waals surface area contributed by atoms with E-state index in [1.165, 1.54) is 12.1 Å². The number of hydrogen-bond donors (Lipinski definition) is 3. The van der Waals surface area contributed by atoms with Crippen molar-refractivity contribution in [3.63, 3.8) is 0 Å². The number of hydrogen-bond acceptors (Lipinski definition) is 9. The molecule has 0 saturated carbocycles. The third-order valence-corrected chi connectivity index (χ3v) is 4.76. The van der Waals surface area contributed by atoms with Gasteiger partial charge in [-0.3, -0.25) is 4.79 Å². The summed E-state index contributed by atoms with van der Waals surface area (Å²) in [6.45, 7) is 7.27. The quantitative estimate of drug-likeness (QED) is 0.587. The Labute approximate surface area is 160 Å². The molecule has 3 aliphatic rings. The molecule has 0 aromatic carbocycles. The molecule has 11 nitrogen and oxygen atoms in total. The van der Waals surface area contributed by atoms with Crippen molar-refractivity contribution >= 4 is 11.8 Å². The minimum atomic E-state index is -1.25. The molecule has 1 unspecified atom stereocenters. The molecule has 3 saturated heterocycles. The lowest BCUT2D eigenvalue weighted by molar-refractivity contribution is -0.997. The highest BCUT2D eigenvalue weighted by atomic mass is 16.9. The van der Waals surface area contributed by atoms with E-state index in [1.807, 2.05) is 0 Å². The molecule has 0 spiro atoms. The van der Waals surface area contributed by atoms with Gasteiger partial charge in [0.2, 0.25) is 0 Å². The third-order valence-electron chi connectivity index (χ3n) is 4.76. The number of amides is 1. The molecular formula is C17H24N2O9. The average molecular weight is 400 g/mol. The van der Waals surface area contributed by atoms with E-state index in [1.54, 1.807) is 27.7 Å². The van der Waals surface area contributed by atoms with E-state index in [4.69, 9.17) is 33.3 Å². The Morgan fingerprint density at radius 1 is 1.11 bits per heavy atom. The van der Waals surface area contributed by atoms with E-state index in [-0.39, 0.29) is 18.2 Å². The summed E-state index contributed by atoms with van der Waals surface area (Å²) in [6, 6.07) is 2.52. The Kier molecular flexibility index (Phi) is 4.75. The lowest BCUT2D eigenvalue weighted by Gasteiger charge is -2.37. The van der Waals surface area contributed by atoms with E-state index >= 15 is 0 Å². The third kappa shape index (κ3) is 3.67. The van der Waals surface area contributed by atoms with Crippen LogP contribution >= 0.6 is 0 Å². The largest absolute Gasteiger partial charge is 0.592 e. The van der Waals surface area contributed by atoms with Crippen LogP contribution in [0, 0.1) is 5.21 Å². The zero-order valence-corrected chi connectivity index (χ0v) is 16.0. The van der Waals surface area contributed by atoms with Crippen LogP contribution < -0.4 is 10.5 Å². The van der Waals surface area contributed by atoms with Gasteiger partial charge in [0.05, 0.1) is 0 Å². The summed E-state index contributed by atoms with van der Waals surface area (Å²) >= 11 is 0. The van der Waals surface area contributed by atoms with Crippen LogP contribution in [0.3, 0.4) is 0 Å². The number of furan rings is 1. The highest BCUT2D eigenvalue weighted by Gasteiger charge is 2.60. The zero-order chi connectivity index (χ0) is 20.3. The maximum Gasteiger partial charge on any atom is 0.329 e. The topological polar surface area (TPSA) is 136 Å². The molecule has 28 heavy (non-hydrogen) atoms. The van der Waals surface area contributed by atoms with Gasteiger partial charge in [0.15, 0.2) is 23.6 Å². The van der Waals surface area contributed by atoms with Crippen LogP contribution in [0.1, 0.15) is 38.2 Å². The molecular weight excluding hydrogens is 376 g/mol. The molecule has 4 heterocycles. The zero-order valence-electron chi connectivity index (χ0n) is 16.0. The second kappa shape index (κ2) is 6.75. The second-order valence-corrected chi connectivity index (χ2v) is 7.89. The fourth-order valence-corrected chi connectivity index (χ4v) is 3.71. The standard InChI is InChI=1S/C17H24N2O9/c1-16(2)25-11-9(7-18-14(20)8-5-6-10(23-8)19(21)22)24-15-13(12(11)26-16)27-17(3,4)28-15/h5-6,9,11-13,15,19,21H,7H2,1-4H3,(H,18,20)/t9-,11-,12+,13+,15+/m0/s1. The fourth-order valence-electron chi connectivity index (χ4n) is 3.71. The van der Waals surface area contributed by atoms with Crippen molar-refractivity contribution in [2.45, 2.75) is 70.0 Å². The Hall–Kier alpha value is -1.57. The summed E-state index contributed by atoms with van der Waals surface area (Å²) in [5.41, 5.74) is 0. The molecule has 0 aliphatic carbocycles. The Balaban J connectivity index is 1.45. The molecule has 156 valence electrons. The van der Waals surface area contributed by atoms with E-state index in [2.05, 4.69) is 5.32 Å². The van der Waals surface area contributed by atoms with Gasteiger partial charge in [-0.1, -0.05) is 0 Å². The van der Waals surface area contributed by atoms with Gasteiger partial charge < -0.3 is 38.6 Å². The molecule has 1 aromatic rings. The van der Waals surface area contributed by atoms with Gasteiger partial charge in [0.1, 0.15) is 24.4 Å². The number of ether oxygens (including phenoxy) is 5. The maximum atomic E-state index is 12.3. The van der Waals surface area contributed by atoms with Crippen LogP contribution in [0.2, 0.25) is 0 Å². The van der Waals surface area contributed by atoms with E-state index in [0.29, 0.717) is 0 Å². The van der Waals surface area contributed by atoms with Gasteiger partial charge in [0.25, 0.3) is 5.91 Å². The number of quaternary nitrogens is 1. The van der Waals surface area contributed by atoms with Crippen molar-refractivity contribution in [2.24, 2.45) is 0 Å². The van der Waals surface area contributed by atoms with Crippen LogP contribution in [0.5, 0.6) is 0 Å². The van der Waals surface area contributed by atoms with Gasteiger partial charge in [0, 0.05) is 12.6 Å². The van der Waals surface area contributed by atoms with Crippen LogP contribution in [0.4, 0.5) is 5.88 Å². The number of nitrogens with one attached hydrogen (secondary N) is 2. The molecule has 6 atom stereocenters. The van der Waals surface area contributed by atoms with Crippen molar-refractivity contribution in [1.29, 1.82) is 0 Å². The number of fused-ring (bicyclic) bond motifs is 3. The van der Waals surface area contributed by atoms with Crippen molar-refractivity contribution < 1.29 is 43.3 Å². The summed E-state index contributed by atoms with van der Waals surface area (Å²) in [7, 11) is 0. The van der Waals surface area contributed by atoms with Gasteiger partial charge in [-0.2, -0.15) is 5.23 Å². The van der Waals surface area contributed by atoms with Crippen LogP contribution in [-0.2, 0) is 23.7 Å². The molecule has 3 aliphatic heterocycles. The first-order valence-electron chi connectivity index (χ1n) is 9.03. The predicted octanol–water partition coefficient (Wildman–Crippen LogP) is -0.191. The summed E-state index contributed by atoms with van der Waals surface area (Å²) in [6.07, 6.45) is -2.54. The molecule has 1 amide bonds. The van der Waals surface area contributed by atoms with Crippen molar-refractivity contribution in [2.75, 3.05) is 6.54 Å². The average Bonchev–Trinajstić information content (AvgIpc) is 3.25. The SMILES string of the molecule is CC1(C)O[C@@H]2[C@@H](O1)[C@H](CNC(=O)c1ccc([NH+]([O-])O)o1)O[C@@H]1OC(C)(C)O[C@@H]12. The molecule has 4 rings (SSSR count). The Bertz CT molecular complexity index is 747. The predicted molar refractivity (Wildman–Crippen MR) is 89.3 cm³/mol. The van der Waals surface area contributed by atoms with Gasteiger partial charge in [-0.15, -0.1) is 0 Å². The fraction of sp³-hybridized carbons (Fsp3) is 0.706. The van der Waals surface area contributed by atoms with Crippen LogP contribution in [-0.4, -0.2) is 59.9 Å². The molecule has 11 heteroatoms. The molecule has 1 aromatic heterocycles. The van der Waals surface area contributed by atoms with Gasteiger partial charge in [-0.25, -0.2) is 5.21 Å². The van der Waals surface area contributed by atoms with Gasteiger partial charge >= 0.3 is 5.88 Å². The van der Waals surface area contributed by atoms with Crippen molar-refractivity contribution in [3.8, 4) is 0 Å². The number of carbonyl (C=O) groups is 1. The lowest BCUT2D eigenvalue weighted by Crippen LogP contribution is -2.99. The summed E-state index contributed by atoms with van der Waals surface area (Å²) in [4.78, 5) is 12.3. The molecule has 3 fully saturated rings. The highest BCUT2D eigenvalue weighted by Crippen LogP contribution is 2.43. The number of rotatable bonds is 4. The molecule has 0 radical (unpaired) electrons. The first-order valence-corrected chi connectivity index (χ1v) is 9.03. The number of carbonyl (C=O) groups excluding carboxylic acids is 1. The summed E-state index contributed by atoms with van der Waals surface area (Å²) in [5.74, 6) is -2.63. The molecule has 0 bridgehead atoms.